The number of carbonyl (C=O) groups excluding carboxylic acids is 1. The van der Waals surface area contributed by atoms with E-state index < -0.39 is 0 Å². The number of nitrogens with two attached hydrogens (primary N) is 1. The Kier molecular flexibility index (Phi) is 3.87. The summed E-state index contributed by atoms with van der Waals surface area (Å²) in [7, 11) is 0. The summed E-state index contributed by atoms with van der Waals surface area (Å²) in [5.41, 5.74) is 7.61. The van der Waals surface area contributed by atoms with Gasteiger partial charge in [0, 0.05) is 6.54 Å². The van der Waals surface area contributed by atoms with Gasteiger partial charge in [-0.15, -0.1) is 0 Å². The maximum Gasteiger partial charge on any atom is 0.265 e. The molecule has 18 heavy (non-hydrogen) atoms. The van der Waals surface area contributed by atoms with Crippen molar-refractivity contribution in [2.75, 3.05) is 24.6 Å². The molecule has 1 amide bonds. The normalized spacial score (nSPS) is 14.7. The SMILES string of the molecule is CC(C)c1ccc2c(c1)N(CCCN)C(=O)CO2. The molecule has 0 aliphatic carbocycles. The monoisotopic (exact) mass is 248 g/mol. The molecule has 4 heteroatoms. The summed E-state index contributed by atoms with van der Waals surface area (Å²) in [6.45, 7) is 5.64. The third-order valence-electron chi connectivity index (χ3n) is 3.18. The minimum absolute atomic E-state index is 0.0110. The maximum atomic E-state index is 11.9. The predicted octanol–water partition coefficient (Wildman–Crippen LogP) is 1.88. The lowest BCUT2D eigenvalue weighted by Crippen LogP contribution is -2.40. The van der Waals surface area contributed by atoms with Crippen LogP contribution >= 0.6 is 0 Å². The van der Waals surface area contributed by atoms with Crippen LogP contribution in [0.25, 0.3) is 0 Å². The molecule has 4 nitrogen and oxygen atoms in total. The van der Waals surface area contributed by atoms with Crippen LogP contribution in [-0.4, -0.2) is 25.6 Å². The lowest BCUT2D eigenvalue weighted by Gasteiger charge is -2.30. The van der Waals surface area contributed by atoms with Crippen molar-refractivity contribution >= 4 is 11.6 Å². The van der Waals surface area contributed by atoms with Crippen LogP contribution in [0.4, 0.5) is 5.69 Å². The summed E-state index contributed by atoms with van der Waals surface area (Å²) in [4.78, 5) is 13.7. The van der Waals surface area contributed by atoms with Crippen molar-refractivity contribution in [3.05, 3.63) is 23.8 Å². The van der Waals surface area contributed by atoms with Gasteiger partial charge in [-0.1, -0.05) is 19.9 Å². The van der Waals surface area contributed by atoms with Crippen LogP contribution in [0.3, 0.4) is 0 Å². The standard InChI is InChI=1S/C14H20N2O2/c1-10(2)11-4-5-13-12(8-11)16(7-3-6-15)14(17)9-18-13/h4-5,8,10H,3,6-7,9,15H2,1-2H3. The summed E-state index contributed by atoms with van der Waals surface area (Å²) in [6.07, 6.45) is 0.803. The molecular formula is C14H20N2O2. The number of hydrogen-bond acceptors (Lipinski definition) is 3. The molecule has 0 atom stereocenters. The lowest BCUT2D eigenvalue weighted by molar-refractivity contribution is -0.121. The Balaban J connectivity index is 2.33. The fourth-order valence-electron chi connectivity index (χ4n) is 2.07. The van der Waals surface area contributed by atoms with Crippen molar-refractivity contribution in [2.45, 2.75) is 26.2 Å². The Morgan fingerprint density at radius 1 is 1.44 bits per heavy atom. The number of ether oxygens (including phenoxy) is 1. The van der Waals surface area contributed by atoms with E-state index >= 15 is 0 Å². The molecule has 2 rings (SSSR count). The van der Waals surface area contributed by atoms with E-state index in [-0.39, 0.29) is 12.5 Å². The number of fused-ring (bicyclic) bond motifs is 1. The van der Waals surface area contributed by atoms with E-state index in [9.17, 15) is 4.79 Å². The van der Waals surface area contributed by atoms with Crippen LogP contribution in [0.2, 0.25) is 0 Å². The largest absolute Gasteiger partial charge is 0.482 e. The van der Waals surface area contributed by atoms with Crippen LogP contribution in [-0.2, 0) is 4.79 Å². The predicted molar refractivity (Wildman–Crippen MR) is 72.1 cm³/mol. The smallest absolute Gasteiger partial charge is 0.265 e. The average Bonchev–Trinajstić information content (AvgIpc) is 2.37. The topological polar surface area (TPSA) is 55.6 Å². The second kappa shape index (κ2) is 5.40. The van der Waals surface area contributed by atoms with Gasteiger partial charge in [-0.2, -0.15) is 0 Å². The fraction of sp³-hybridized carbons (Fsp3) is 0.500. The van der Waals surface area contributed by atoms with Gasteiger partial charge < -0.3 is 15.4 Å². The molecule has 0 aromatic heterocycles. The highest BCUT2D eigenvalue weighted by molar-refractivity contribution is 5.97. The van der Waals surface area contributed by atoms with Gasteiger partial charge in [0.15, 0.2) is 6.61 Å². The first-order valence-corrected chi connectivity index (χ1v) is 6.40. The molecule has 98 valence electrons. The van der Waals surface area contributed by atoms with Crippen molar-refractivity contribution in [1.82, 2.24) is 0 Å². The van der Waals surface area contributed by atoms with Crippen molar-refractivity contribution < 1.29 is 9.53 Å². The Hall–Kier alpha value is -1.55. The molecule has 1 heterocycles. The highest BCUT2D eigenvalue weighted by Gasteiger charge is 2.25. The van der Waals surface area contributed by atoms with Crippen molar-refractivity contribution in [2.24, 2.45) is 5.73 Å². The molecule has 1 aromatic rings. The fourth-order valence-corrected chi connectivity index (χ4v) is 2.07. The summed E-state index contributed by atoms with van der Waals surface area (Å²) < 4.78 is 5.46. The minimum atomic E-state index is 0.0110. The maximum absolute atomic E-state index is 11.9. The number of rotatable bonds is 4. The van der Waals surface area contributed by atoms with Gasteiger partial charge in [0.05, 0.1) is 5.69 Å². The number of amides is 1. The zero-order valence-electron chi connectivity index (χ0n) is 11.0. The van der Waals surface area contributed by atoms with E-state index in [4.69, 9.17) is 10.5 Å². The molecule has 0 bridgehead atoms. The van der Waals surface area contributed by atoms with Crippen molar-refractivity contribution in [3.63, 3.8) is 0 Å². The van der Waals surface area contributed by atoms with Gasteiger partial charge in [0.2, 0.25) is 0 Å². The Morgan fingerprint density at radius 2 is 2.22 bits per heavy atom. The Labute approximate surface area is 108 Å². The quantitative estimate of drug-likeness (QED) is 0.885. The first-order valence-electron chi connectivity index (χ1n) is 6.40. The molecule has 0 saturated heterocycles. The highest BCUT2D eigenvalue weighted by Crippen LogP contribution is 2.34. The number of benzene rings is 1. The van der Waals surface area contributed by atoms with E-state index in [1.165, 1.54) is 5.56 Å². The molecule has 0 radical (unpaired) electrons. The van der Waals surface area contributed by atoms with E-state index in [0.29, 0.717) is 19.0 Å². The molecule has 0 unspecified atom stereocenters. The number of hydrogen-bond donors (Lipinski definition) is 1. The first kappa shape index (κ1) is 12.9. The third-order valence-corrected chi connectivity index (χ3v) is 3.18. The summed E-state index contributed by atoms with van der Waals surface area (Å²) in [6, 6.07) is 6.06. The first-order chi connectivity index (χ1) is 8.63. The molecule has 0 spiro atoms. The minimum Gasteiger partial charge on any atom is -0.482 e. The second-order valence-corrected chi connectivity index (χ2v) is 4.86. The van der Waals surface area contributed by atoms with Crippen molar-refractivity contribution in [3.8, 4) is 5.75 Å². The van der Waals surface area contributed by atoms with Crippen LogP contribution < -0.4 is 15.4 Å². The molecule has 2 N–H and O–H groups in total. The molecule has 0 saturated carbocycles. The van der Waals surface area contributed by atoms with Crippen molar-refractivity contribution in [1.29, 1.82) is 0 Å². The molecule has 1 aromatic carbocycles. The van der Waals surface area contributed by atoms with E-state index in [1.54, 1.807) is 4.90 Å². The average molecular weight is 248 g/mol. The number of anilines is 1. The van der Waals surface area contributed by atoms with Gasteiger partial charge in [0.1, 0.15) is 5.75 Å². The summed E-state index contributed by atoms with van der Waals surface area (Å²) in [5.74, 6) is 1.23. The zero-order valence-corrected chi connectivity index (χ0v) is 11.0. The van der Waals surface area contributed by atoms with Crippen LogP contribution in [0.15, 0.2) is 18.2 Å². The number of nitrogens with zero attached hydrogens (tertiary/aromatic N) is 1. The van der Waals surface area contributed by atoms with Gasteiger partial charge >= 0.3 is 0 Å². The zero-order chi connectivity index (χ0) is 13.1. The summed E-state index contributed by atoms with van der Waals surface area (Å²) >= 11 is 0. The molecule has 1 aliphatic heterocycles. The number of carbonyl (C=O) groups is 1. The second-order valence-electron chi connectivity index (χ2n) is 4.86. The van der Waals surface area contributed by atoms with Gasteiger partial charge in [-0.05, 0) is 36.6 Å². The van der Waals surface area contributed by atoms with Crippen LogP contribution in [0, 0.1) is 0 Å². The molecule has 1 aliphatic rings. The Morgan fingerprint density at radius 3 is 2.89 bits per heavy atom. The van der Waals surface area contributed by atoms with Crippen LogP contribution in [0.5, 0.6) is 5.75 Å². The highest BCUT2D eigenvalue weighted by atomic mass is 16.5. The molecule has 0 fully saturated rings. The molecular weight excluding hydrogens is 228 g/mol. The lowest BCUT2D eigenvalue weighted by atomic mass is 10.0. The van der Waals surface area contributed by atoms with Gasteiger partial charge in [0.25, 0.3) is 5.91 Å². The van der Waals surface area contributed by atoms with Gasteiger partial charge in [-0.25, -0.2) is 0 Å². The Bertz CT molecular complexity index is 443. The van der Waals surface area contributed by atoms with Crippen LogP contribution in [0.1, 0.15) is 31.7 Å². The van der Waals surface area contributed by atoms with E-state index in [2.05, 4.69) is 19.9 Å². The van der Waals surface area contributed by atoms with E-state index in [1.807, 2.05) is 12.1 Å². The summed E-state index contributed by atoms with van der Waals surface area (Å²) in [5, 5.41) is 0. The third kappa shape index (κ3) is 2.48. The van der Waals surface area contributed by atoms with E-state index in [0.717, 1.165) is 17.9 Å². The van der Waals surface area contributed by atoms with Gasteiger partial charge in [-0.3, -0.25) is 4.79 Å².